The number of hydrogen-bond donors (Lipinski definition) is 0. The molecule has 0 aliphatic heterocycles. The van der Waals surface area contributed by atoms with Gasteiger partial charge < -0.3 is 0 Å². The zero-order valence-corrected chi connectivity index (χ0v) is 22.5. The van der Waals surface area contributed by atoms with Crippen molar-refractivity contribution in [1.82, 2.24) is 0 Å². The van der Waals surface area contributed by atoms with E-state index >= 15 is 0 Å². The van der Waals surface area contributed by atoms with Crippen LogP contribution in [0, 0.1) is 0 Å². The van der Waals surface area contributed by atoms with Crippen LogP contribution in [0.3, 0.4) is 0 Å². The average molecular weight is 443 g/mol. The molecule has 172 valence electrons. The lowest BCUT2D eigenvalue weighted by Crippen LogP contribution is -2.19. The van der Waals surface area contributed by atoms with Gasteiger partial charge in [0.25, 0.3) is 0 Å². The van der Waals surface area contributed by atoms with Crippen LogP contribution < -0.4 is 0 Å². The summed E-state index contributed by atoms with van der Waals surface area (Å²) in [6.45, 7) is 25.5. The normalized spacial score (nSPS) is 14.1. The molecule has 0 saturated heterocycles. The summed E-state index contributed by atoms with van der Waals surface area (Å²) in [6.07, 6.45) is 0. The molecule has 0 atom stereocenters. The minimum atomic E-state index is -3.67. The highest BCUT2D eigenvalue weighted by molar-refractivity contribution is 7.91. The summed E-state index contributed by atoms with van der Waals surface area (Å²) < 4.78 is 27.9. The molecule has 0 aliphatic rings. The van der Waals surface area contributed by atoms with Gasteiger partial charge in [0.15, 0.2) is 0 Å². The van der Waals surface area contributed by atoms with Crippen LogP contribution in [0.15, 0.2) is 46.2 Å². The van der Waals surface area contributed by atoms with Crippen molar-refractivity contribution >= 4 is 9.84 Å². The van der Waals surface area contributed by atoms with Gasteiger partial charge in [0, 0.05) is 0 Å². The minimum absolute atomic E-state index is 0.143. The van der Waals surface area contributed by atoms with Crippen molar-refractivity contribution in [3.05, 3.63) is 58.7 Å². The van der Waals surface area contributed by atoms with E-state index in [0.29, 0.717) is 9.79 Å². The van der Waals surface area contributed by atoms with Crippen LogP contribution in [-0.4, -0.2) is 8.42 Å². The van der Waals surface area contributed by atoms with Crippen LogP contribution in [0.1, 0.15) is 105 Å². The third-order valence-electron chi connectivity index (χ3n) is 5.90. The first kappa shape index (κ1) is 25.6. The van der Waals surface area contributed by atoms with E-state index in [2.05, 4.69) is 95.2 Å². The Morgan fingerprint density at radius 2 is 0.613 bits per heavy atom. The molecule has 0 radical (unpaired) electrons. The van der Waals surface area contributed by atoms with E-state index in [1.165, 1.54) is 0 Å². The Hall–Kier alpha value is -1.61. The van der Waals surface area contributed by atoms with Crippen molar-refractivity contribution in [2.75, 3.05) is 0 Å². The molecule has 0 heterocycles. The highest BCUT2D eigenvalue weighted by Gasteiger charge is 2.28. The van der Waals surface area contributed by atoms with Crippen LogP contribution in [0.25, 0.3) is 0 Å². The lowest BCUT2D eigenvalue weighted by Gasteiger charge is -2.27. The molecule has 0 N–H and O–H groups in total. The van der Waals surface area contributed by atoms with Crippen molar-refractivity contribution in [2.45, 2.75) is 115 Å². The molecule has 2 rings (SSSR count). The van der Waals surface area contributed by atoms with E-state index in [0.717, 1.165) is 22.3 Å². The molecule has 2 aromatic rings. The van der Waals surface area contributed by atoms with E-state index in [9.17, 15) is 8.42 Å². The lowest BCUT2D eigenvalue weighted by atomic mass is 9.81. The predicted octanol–water partition coefficient (Wildman–Crippen LogP) is 7.71. The number of hydrogen-bond acceptors (Lipinski definition) is 2. The summed E-state index contributed by atoms with van der Waals surface area (Å²) in [5.74, 6) is 0. The molecule has 0 fully saturated rings. The van der Waals surface area contributed by atoms with Gasteiger partial charge in [0.2, 0.25) is 9.84 Å². The third-order valence-corrected chi connectivity index (χ3v) is 7.61. The van der Waals surface area contributed by atoms with Gasteiger partial charge in [-0.1, -0.05) is 95.2 Å². The molecule has 31 heavy (non-hydrogen) atoms. The summed E-state index contributed by atoms with van der Waals surface area (Å²) >= 11 is 0. The first-order chi connectivity index (χ1) is 13.6. The zero-order chi connectivity index (χ0) is 24.2. The second-order valence-corrected chi connectivity index (χ2v) is 14.9. The summed E-state index contributed by atoms with van der Waals surface area (Å²) in [5.41, 5.74) is 3.60. The first-order valence-corrected chi connectivity index (χ1v) is 12.7. The van der Waals surface area contributed by atoms with Gasteiger partial charge in [-0.3, -0.25) is 0 Å². The van der Waals surface area contributed by atoms with Crippen LogP contribution in [0.5, 0.6) is 0 Å². The second-order valence-electron chi connectivity index (χ2n) is 13.0. The molecular weight excluding hydrogens is 400 g/mol. The Morgan fingerprint density at radius 1 is 0.419 bits per heavy atom. The van der Waals surface area contributed by atoms with E-state index in [1.54, 1.807) is 0 Å². The molecule has 0 bridgehead atoms. The fourth-order valence-corrected chi connectivity index (χ4v) is 4.78. The fraction of sp³-hybridized carbons (Fsp3) is 0.571. The summed E-state index contributed by atoms with van der Waals surface area (Å²) in [7, 11) is -3.67. The molecule has 0 amide bonds. The quantitative estimate of drug-likeness (QED) is 0.477. The Bertz CT molecular complexity index is 916. The van der Waals surface area contributed by atoms with Crippen LogP contribution in [-0.2, 0) is 31.5 Å². The van der Waals surface area contributed by atoms with Gasteiger partial charge in [-0.05, 0) is 68.2 Å². The van der Waals surface area contributed by atoms with Crippen molar-refractivity contribution in [3.8, 4) is 0 Å². The van der Waals surface area contributed by atoms with Gasteiger partial charge in [-0.15, -0.1) is 0 Å². The maximum absolute atomic E-state index is 14.0. The van der Waals surface area contributed by atoms with Crippen LogP contribution >= 0.6 is 0 Å². The minimum Gasteiger partial charge on any atom is -0.219 e. The van der Waals surface area contributed by atoms with Gasteiger partial charge in [-0.25, -0.2) is 8.42 Å². The van der Waals surface area contributed by atoms with Gasteiger partial charge in [0.05, 0.1) is 9.79 Å². The molecule has 2 aromatic carbocycles. The van der Waals surface area contributed by atoms with Crippen molar-refractivity contribution in [3.63, 3.8) is 0 Å². The highest BCUT2D eigenvalue weighted by atomic mass is 32.2. The molecule has 2 nitrogen and oxygen atoms in total. The van der Waals surface area contributed by atoms with E-state index < -0.39 is 9.84 Å². The molecule has 0 spiro atoms. The Labute approximate surface area is 191 Å². The fourth-order valence-electron chi connectivity index (χ4n) is 3.38. The summed E-state index contributed by atoms with van der Waals surface area (Å²) in [4.78, 5) is 0.770. The molecule has 0 aromatic heterocycles. The standard InChI is InChI=1S/C28H42O2S/c1-25(2,3)19-13-20(26(4,5)6)16-23(15-19)31(29,30)24-17-21(27(7,8)9)14-22(18-24)28(10,11)12/h13-18H,1-12H3. The van der Waals surface area contributed by atoms with Gasteiger partial charge in [-0.2, -0.15) is 0 Å². The molecule has 3 heteroatoms. The Kier molecular flexibility index (Phi) is 6.42. The largest absolute Gasteiger partial charge is 0.219 e. The van der Waals surface area contributed by atoms with E-state index in [1.807, 2.05) is 24.3 Å². The number of rotatable bonds is 2. The van der Waals surface area contributed by atoms with E-state index in [-0.39, 0.29) is 21.7 Å². The maximum Gasteiger partial charge on any atom is 0.206 e. The molecular formula is C28H42O2S. The highest BCUT2D eigenvalue weighted by Crippen LogP contribution is 2.36. The van der Waals surface area contributed by atoms with Crippen molar-refractivity contribution in [1.29, 1.82) is 0 Å². The smallest absolute Gasteiger partial charge is 0.206 e. The van der Waals surface area contributed by atoms with Gasteiger partial charge >= 0.3 is 0 Å². The Morgan fingerprint density at radius 3 is 0.774 bits per heavy atom. The predicted molar refractivity (Wildman–Crippen MR) is 133 cm³/mol. The lowest BCUT2D eigenvalue weighted by molar-refractivity contribution is 0.559. The molecule has 0 saturated carbocycles. The number of benzene rings is 2. The third kappa shape index (κ3) is 5.80. The van der Waals surface area contributed by atoms with Crippen LogP contribution in [0.2, 0.25) is 0 Å². The maximum atomic E-state index is 14.0. The van der Waals surface area contributed by atoms with E-state index in [4.69, 9.17) is 0 Å². The van der Waals surface area contributed by atoms with Gasteiger partial charge in [0.1, 0.15) is 0 Å². The average Bonchev–Trinajstić information content (AvgIpc) is 2.58. The molecule has 0 unspecified atom stereocenters. The van der Waals surface area contributed by atoms with Crippen molar-refractivity contribution < 1.29 is 8.42 Å². The first-order valence-electron chi connectivity index (χ1n) is 11.2. The number of sulfone groups is 1. The SMILES string of the molecule is CC(C)(C)c1cc(C(C)(C)C)cc(S(=O)(=O)c2cc(C(C)(C)C)cc(C(C)(C)C)c2)c1. The summed E-state index contributed by atoms with van der Waals surface area (Å²) in [6, 6.07) is 11.8. The monoisotopic (exact) mass is 442 g/mol. The second kappa shape index (κ2) is 7.76. The summed E-state index contributed by atoms with van der Waals surface area (Å²) in [5, 5.41) is 0. The Balaban J connectivity index is 2.87. The topological polar surface area (TPSA) is 34.1 Å². The van der Waals surface area contributed by atoms with Crippen molar-refractivity contribution in [2.24, 2.45) is 0 Å². The molecule has 0 aliphatic carbocycles. The van der Waals surface area contributed by atoms with Crippen LogP contribution in [0.4, 0.5) is 0 Å². The zero-order valence-electron chi connectivity index (χ0n) is 21.7.